The molecule has 1 heterocycles. The van der Waals surface area contributed by atoms with E-state index < -0.39 is 0 Å². The number of nitrogens with zero attached hydrogens (tertiary/aromatic N) is 2. The van der Waals surface area contributed by atoms with E-state index >= 15 is 0 Å². The van der Waals surface area contributed by atoms with Crippen molar-refractivity contribution in [2.45, 2.75) is 0 Å². The smallest absolute Gasteiger partial charge is 0.0541 e. The Labute approximate surface area is 468 Å². The fourth-order valence-electron chi connectivity index (χ4n) is 11.5. The van der Waals surface area contributed by atoms with E-state index in [1.54, 1.807) is 0 Å². The molecule has 0 spiro atoms. The molecule has 376 valence electrons. The Hall–Kier alpha value is -10.5. The van der Waals surface area contributed by atoms with Crippen molar-refractivity contribution in [3.05, 3.63) is 328 Å². The predicted molar refractivity (Wildman–Crippen MR) is 339 cm³/mol. The molecule has 14 aromatic rings. The highest BCUT2D eigenvalue weighted by Crippen LogP contribution is 2.40. The minimum absolute atomic E-state index is 1.08. The Morgan fingerprint density at radius 3 is 0.762 bits per heavy atom. The lowest BCUT2D eigenvalue weighted by molar-refractivity contribution is 1.18. The molecule has 14 rings (SSSR count). The van der Waals surface area contributed by atoms with Crippen molar-refractivity contribution in [2.24, 2.45) is 0 Å². The number of rotatable bonds is 12. The number of hydrogen-bond acceptors (Lipinski definition) is 1. The van der Waals surface area contributed by atoms with Crippen LogP contribution in [0.3, 0.4) is 0 Å². The van der Waals surface area contributed by atoms with Crippen LogP contribution in [0.4, 0.5) is 17.1 Å². The Kier molecular flexibility index (Phi) is 12.6. The van der Waals surface area contributed by atoms with Gasteiger partial charge in [-0.2, -0.15) is 0 Å². The normalized spacial score (nSPS) is 11.2. The molecule has 0 saturated carbocycles. The average molecular weight is 1020 g/mol. The maximum absolute atomic E-state index is 2.39. The first kappa shape index (κ1) is 47.9. The van der Waals surface area contributed by atoms with Gasteiger partial charge in [0.15, 0.2) is 0 Å². The Morgan fingerprint density at radius 2 is 0.412 bits per heavy atom. The highest BCUT2D eigenvalue weighted by atomic mass is 15.1. The van der Waals surface area contributed by atoms with E-state index in [0.717, 1.165) is 45.0 Å². The molecule has 0 radical (unpaired) electrons. The van der Waals surface area contributed by atoms with Crippen LogP contribution in [0.2, 0.25) is 0 Å². The highest BCUT2D eigenvalue weighted by Gasteiger charge is 2.17. The van der Waals surface area contributed by atoms with Crippen LogP contribution in [0, 0.1) is 0 Å². The van der Waals surface area contributed by atoms with Crippen molar-refractivity contribution in [1.29, 1.82) is 0 Å². The summed E-state index contributed by atoms with van der Waals surface area (Å²) in [4.78, 5) is 2.36. The Morgan fingerprint density at radius 1 is 0.175 bits per heavy atom. The van der Waals surface area contributed by atoms with Crippen LogP contribution in [0.15, 0.2) is 328 Å². The molecule has 2 heteroatoms. The molecule has 0 bridgehead atoms. The van der Waals surface area contributed by atoms with Gasteiger partial charge in [-0.05, 0) is 174 Å². The summed E-state index contributed by atoms with van der Waals surface area (Å²) >= 11 is 0. The van der Waals surface area contributed by atoms with Gasteiger partial charge in [-0.1, -0.05) is 243 Å². The predicted octanol–water partition coefficient (Wildman–Crippen LogP) is 21.6. The first-order valence-corrected chi connectivity index (χ1v) is 27.5. The molecule has 0 atom stereocenters. The van der Waals surface area contributed by atoms with Crippen LogP contribution >= 0.6 is 0 Å². The number of benzene rings is 13. The van der Waals surface area contributed by atoms with Crippen LogP contribution in [-0.2, 0) is 0 Å². The van der Waals surface area contributed by atoms with Crippen molar-refractivity contribution in [3.63, 3.8) is 0 Å². The minimum Gasteiger partial charge on any atom is -0.311 e. The zero-order valence-electron chi connectivity index (χ0n) is 44.1. The van der Waals surface area contributed by atoms with Crippen molar-refractivity contribution < 1.29 is 0 Å². The molecule has 0 saturated heterocycles. The third-order valence-corrected chi connectivity index (χ3v) is 15.6. The van der Waals surface area contributed by atoms with Gasteiger partial charge < -0.3 is 9.47 Å². The molecule has 0 fully saturated rings. The van der Waals surface area contributed by atoms with Crippen molar-refractivity contribution >= 4 is 38.9 Å². The summed E-state index contributed by atoms with van der Waals surface area (Å²) in [6.07, 6.45) is 0. The van der Waals surface area contributed by atoms with E-state index in [-0.39, 0.29) is 0 Å². The van der Waals surface area contributed by atoms with Crippen LogP contribution in [0.25, 0.3) is 117 Å². The van der Waals surface area contributed by atoms with Gasteiger partial charge in [0.05, 0.1) is 11.0 Å². The lowest BCUT2D eigenvalue weighted by Gasteiger charge is -2.26. The molecule has 13 aromatic carbocycles. The van der Waals surface area contributed by atoms with Crippen molar-refractivity contribution in [1.82, 2.24) is 4.57 Å². The molecule has 0 aliphatic carbocycles. The summed E-state index contributed by atoms with van der Waals surface area (Å²) in [5.41, 5.74) is 25.8. The molecular formula is C78H54N2. The maximum atomic E-state index is 2.39. The summed E-state index contributed by atoms with van der Waals surface area (Å²) < 4.78 is 2.39. The van der Waals surface area contributed by atoms with E-state index in [0.29, 0.717) is 0 Å². The largest absolute Gasteiger partial charge is 0.311 e. The van der Waals surface area contributed by atoms with Crippen LogP contribution in [0.1, 0.15) is 0 Å². The van der Waals surface area contributed by atoms with Gasteiger partial charge in [0.2, 0.25) is 0 Å². The zero-order valence-corrected chi connectivity index (χ0v) is 44.1. The molecule has 80 heavy (non-hydrogen) atoms. The third kappa shape index (κ3) is 9.46. The minimum atomic E-state index is 1.08. The maximum Gasteiger partial charge on any atom is 0.0541 e. The fourth-order valence-corrected chi connectivity index (χ4v) is 11.5. The molecule has 0 unspecified atom stereocenters. The molecule has 0 aliphatic heterocycles. The summed E-state index contributed by atoms with van der Waals surface area (Å²) in [7, 11) is 0. The average Bonchev–Trinajstić information content (AvgIpc) is 4.07. The number of aromatic nitrogens is 1. The van der Waals surface area contributed by atoms with E-state index in [2.05, 4.69) is 337 Å². The lowest BCUT2D eigenvalue weighted by Crippen LogP contribution is -2.09. The second kappa shape index (κ2) is 21.1. The van der Waals surface area contributed by atoms with Gasteiger partial charge in [0.1, 0.15) is 0 Å². The molecule has 2 nitrogen and oxygen atoms in total. The molecule has 0 N–H and O–H groups in total. The summed E-state index contributed by atoms with van der Waals surface area (Å²) in [6, 6.07) is 119. The fraction of sp³-hybridized carbons (Fsp3) is 0. The summed E-state index contributed by atoms with van der Waals surface area (Å²) in [5, 5.41) is 2.52. The SMILES string of the molecule is c1ccc(-c2cccc(-c3cccc(-c4ccc(-c5ccc(N(c6ccc(-c7cccc(-c8cccc(-c9ccccc9)c8)c7)cc6)c6ccc(-c7cccc(-n8c9ccccc9c9ccccc98)c7)cc6)cc5)cc4)c3)c2)cc1. The van der Waals surface area contributed by atoms with E-state index in [9.17, 15) is 0 Å². The van der Waals surface area contributed by atoms with Crippen LogP contribution in [0.5, 0.6) is 0 Å². The first-order valence-electron chi connectivity index (χ1n) is 27.5. The highest BCUT2D eigenvalue weighted by molar-refractivity contribution is 6.09. The number of hydrogen-bond donors (Lipinski definition) is 0. The van der Waals surface area contributed by atoms with Gasteiger partial charge in [-0.3, -0.25) is 0 Å². The third-order valence-electron chi connectivity index (χ3n) is 15.6. The van der Waals surface area contributed by atoms with Gasteiger partial charge in [-0.25, -0.2) is 0 Å². The molecule has 0 amide bonds. The number of anilines is 3. The van der Waals surface area contributed by atoms with E-state index in [1.807, 2.05) is 0 Å². The quantitative estimate of drug-likeness (QED) is 0.118. The molecule has 0 aliphatic rings. The topological polar surface area (TPSA) is 8.17 Å². The first-order chi connectivity index (χ1) is 39.6. The Bertz CT molecular complexity index is 4430. The van der Waals surface area contributed by atoms with Crippen molar-refractivity contribution in [3.8, 4) is 94.7 Å². The standard InChI is InChI=1S/C78H54N2/c1-3-16-55(17-4-1)62-20-11-24-66(50-62)68-26-13-22-64(52-68)59-36-34-57(35-37-59)58-38-44-71(45-39-58)79(72-46-40-60(41-47-72)65-23-14-27-69(53-65)67-25-12-21-63(51-67)56-18-5-2-6-19-56)73-48-42-61(43-49-73)70-28-15-29-74(54-70)80-77-32-9-7-30-75(77)76-31-8-10-33-78(76)80/h1-54H. The Balaban J connectivity index is 0.771. The summed E-state index contributed by atoms with van der Waals surface area (Å²) in [5.74, 6) is 0. The van der Waals surface area contributed by atoms with E-state index in [1.165, 1.54) is 88.6 Å². The van der Waals surface area contributed by atoms with Gasteiger partial charge in [-0.15, -0.1) is 0 Å². The second-order valence-corrected chi connectivity index (χ2v) is 20.5. The lowest BCUT2D eigenvalue weighted by atomic mass is 9.95. The summed E-state index contributed by atoms with van der Waals surface area (Å²) in [6.45, 7) is 0. The second-order valence-electron chi connectivity index (χ2n) is 20.5. The van der Waals surface area contributed by atoms with Gasteiger partial charge >= 0.3 is 0 Å². The van der Waals surface area contributed by atoms with Crippen LogP contribution in [-0.4, -0.2) is 4.57 Å². The van der Waals surface area contributed by atoms with Gasteiger partial charge in [0, 0.05) is 33.5 Å². The van der Waals surface area contributed by atoms with Crippen molar-refractivity contribution in [2.75, 3.05) is 4.90 Å². The number of fused-ring (bicyclic) bond motifs is 3. The number of para-hydroxylation sites is 2. The molecular weight excluding hydrogens is 965 g/mol. The van der Waals surface area contributed by atoms with Crippen LogP contribution < -0.4 is 4.90 Å². The monoisotopic (exact) mass is 1020 g/mol. The van der Waals surface area contributed by atoms with E-state index in [4.69, 9.17) is 0 Å². The zero-order chi connectivity index (χ0) is 53.2. The van der Waals surface area contributed by atoms with Gasteiger partial charge in [0.25, 0.3) is 0 Å². The molecule has 1 aromatic heterocycles.